The molecule has 16 heavy (non-hydrogen) atoms. The maximum atomic E-state index is 9.24. The zero-order valence-electron chi connectivity index (χ0n) is 9.59. The summed E-state index contributed by atoms with van der Waals surface area (Å²) < 4.78 is 5.59. The van der Waals surface area contributed by atoms with E-state index in [-0.39, 0.29) is 6.61 Å². The van der Waals surface area contributed by atoms with Crippen molar-refractivity contribution in [1.29, 1.82) is 0 Å². The molecular weight excluding hydrogens is 204 g/mol. The van der Waals surface area contributed by atoms with Crippen LogP contribution in [0.4, 0.5) is 5.69 Å². The maximum absolute atomic E-state index is 9.24. The van der Waals surface area contributed by atoms with Crippen molar-refractivity contribution in [2.75, 3.05) is 25.1 Å². The van der Waals surface area contributed by atoms with Crippen LogP contribution in [0.3, 0.4) is 0 Å². The van der Waals surface area contributed by atoms with Crippen molar-refractivity contribution in [2.24, 2.45) is 0 Å². The molecule has 1 atom stereocenters. The van der Waals surface area contributed by atoms with Crippen molar-refractivity contribution < 1.29 is 9.84 Å². The highest BCUT2D eigenvalue weighted by atomic mass is 16.5. The van der Waals surface area contributed by atoms with Crippen molar-refractivity contribution in [2.45, 2.75) is 25.6 Å². The molecule has 1 aromatic rings. The Morgan fingerprint density at radius 1 is 1.62 bits per heavy atom. The number of aliphatic hydroxyl groups is 1. The minimum Gasteiger partial charge on any atom is -0.392 e. The van der Waals surface area contributed by atoms with E-state index < -0.39 is 0 Å². The van der Waals surface area contributed by atoms with Gasteiger partial charge in [0.15, 0.2) is 0 Å². The van der Waals surface area contributed by atoms with E-state index in [2.05, 4.69) is 9.88 Å². The fourth-order valence-corrected chi connectivity index (χ4v) is 2.08. The van der Waals surface area contributed by atoms with Gasteiger partial charge in [-0.3, -0.25) is 4.98 Å². The fraction of sp³-hybridized carbons (Fsp3) is 0.583. The van der Waals surface area contributed by atoms with Gasteiger partial charge in [0, 0.05) is 32.0 Å². The number of aromatic nitrogens is 1. The number of nitrogens with zero attached hydrogens (tertiary/aromatic N) is 2. The predicted molar refractivity (Wildman–Crippen MR) is 62.4 cm³/mol. The van der Waals surface area contributed by atoms with E-state index in [4.69, 9.17) is 4.74 Å². The van der Waals surface area contributed by atoms with Crippen LogP contribution >= 0.6 is 0 Å². The van der Waals surface area contributed by atoms with Gasteiger partial charge in [-0.05, 0) is 18.9 Å². The molecule has 2 heterocycles. The first kappa shape index (κ1) is 11.4. The van der Waals surface area contributed by atoms with Gasteiger partial charge in [0.25, 0.3) is 0 Å². The van der Waals surface area contributed by atoms with Gasteiger partial charge in [-0.15, -0.1) is 0 Å². The number of hydrogen-bond acceptors (Lipinski definition) is 4. The number of hydrogen-bond donors (Lipinski definition) is 1. The van der Waals surface area contributed by atoms with E-state index in [1.54, 1.807) is 12.4 Å². The zero-order valence-corrected chi connectivity index (χ0v) is 9.59. The number of pyridine rings is 1. The normalized spacial score (nSPS) is 20.0. The Labute approximate surface area is 95.9 Å². The second kappa shape index (κ2) is 5.27. The highest BCUT2D eigenvalue weighted by molar-refractivity contribution is 5.50. The lowest BCUT2D eigenvalue weighted by molar-refractivity contribution is 0.116. The second-order valence-electron chi connectivity index (χ2n) is 4.18. The predicted octanol–water partition coefficient (Wildman–Crippen LogP) is 1.19. The molecule has 0 saturated carbocycles. The fourth-order valence-electron chi connectivity index (χ4n) is 2.08. The number of likely N-dealkylation sites (N-methyl/N-ethyl adjacent to an activating group) is 1. The molecule has 1 N–H and O–H groups in total. The molecule has 0 aromatic carbocycles. The average molecular weight is 222 g/mol. The summed E-state index contributed by atoms with van der Waals surface area (Å²) in [5.74, 6) is 0. The van der Waals surface area contributed by atoms with E-state index in [1.807, 2.05) is 13.1 Å². The van der Waals surface area contributed by atoms with Crippen molar-refractivity contribution >= 4 is 5.69 Å². The van der Waals surface area contributed by atoms with E-state index in [0.29, 0.717) is 6.10 Å². The summed E-state index contributed by atoms with van der Waals surface area (Å²) >= 11 is 0. The van der Waals surface area contributed by atoms with Gasteiger partial charge in [-0.2, -0.15) is 0 Å². The molecule has 0 amide bonds. The Morgan fingerprint density at radius 2 is 2.50 bits per heavy atom. The highest BCUT2D eigenvalue weighted by Gasteiger charge is 2.18. The molecule has 1 unspecified atom stereocenters. The Kier molecular flexibility index (Phi) is 3.74. The number of rotatable bonds is 4. The molecule has 2 rings (SSSR count). The third kappa shape index (κ3) is 2.51. The largest absolute Gasteiger partial charge is 0.392 e. The van der Waals surface area contributed by atoms with Crippen molar-refractivity contribution in [3.63, 3.8) is 0 Å². The molecule has 0 spiro atoms. The molecule has 1 aliphatic heterocycles. The Hall–Kier alpha value is -1.13. The van der Waals surface area contributed by atoms with Gasteiger partial charge in [0.1, 0.15) is 0 Å². The summed E-state index contributed by atoms with van der Waals surface area (Å²) in [6.07, 6.45) is 6.09. The summed E-state index contributed by atoms with van der Waals surface area (Å²) in [5, 5.41) is 9.24. The molecule has 1 aliphatic rings. The van der Waals surface area contributed by atoms with Crippen LogP contribution in [0.5, 0.6) is 0 Å². The van der Waals surface area contributed by atoms with Crippen LogP contribution in [0.15, 0.2) is 18.5 Å². The summed E-state index contributed by atoms with van der Waals surface area (Å²) in [4.78, 5) is 6.20. The van der Waals surface area contributed by atoms with Crippen molar-refractivity contribution in [3.8, 4) is 0 Å². The van der Waals surface area contributed by atoms with Gasteiger partial charge in [0.2, 0.25) is 0 Å². The topological polar surface area (TPSA) is 45.6 Å². The van der Waals surface area contributed by atoms with Crippen molar-refractivity contribution in [1.82, 2.24) is 4.98 Å². The molecule has 1 aromatic heterocycles. The van der Waals surface area contributed by atoms with Crippen molar-refractivity contribution in [3.05, 3.63) is 24.0 Å². The molecule has 4 heteroatoms. The average Bonchev–Trinajstić information content (AvgIpc) is 2.81. The maximum Gasteiger partial charge on any atom is 0.0750 e. The van der Waals surface area contributed by atoms with E-state index in [1.165, 1.54) is 0 Å². The third-order valence-corrected chi connectivity index (χ3v) is 2.97. The lowest BCUT2D eigenvalue weighted by Crippen LogP contribution is -2.29. The van der Waals surface area contributed by atoms with E-state index in [0.717, 1.165) is 37.2 Å². The van der Waals surface area contributed by atoms with Gasteiger partial charge in [-0.25, -0.2) is 0 Å². The minimum atomic E-state index is 0.0493. The van der Waals surface area contributed by atoms with E-state index >= 15 is 0 Å². The lowest BCUT2D eigenvalue weighted by Gasteiger charge is -2.24. The van der Waals surface area contributed by atoms with Crippen LogP contribution in [0, 0.1) is 0 Å². The van der Waals surface area contributed by atoms with E-state index in [9.17, 15) is 5.11 Å². The first-order valence-corrected chi connectivity index (χ1v) is 5.67. The Morgan fingerprint density at radius 3 is 3.19 bits per heavy atom. The molecule has 1 fully saturated rings. The number of aliphatic hydroxyl groups excluding tert-OH is 1. The lowest BCUT2D eigenvalue weighted by atomic mass is 10.2. The second-order valence-corrected chi connectivity index (χ2v) is 4.18. The van der Waals surface area contributed by atoms with Crippen LogP contribution in [0.25, 0.3) is 0 Å². The SMILES string of the molecule is CN(CC1CCCO1)c1cnccc1CO. The molecule has 4 nitrogen and oxygen atoms in total. The van der Waals surface area contributed by atoms with Crippen LogP contribution in [-0.2, 0) is 11.3 Å². The van der Waals surface area contributed by atoms with Crippen LogP contribution < -0.4 is 4.90 Å². The highest BCUT2D eigenvalue weighted by Crippen LogP contribution is 2.20. The van der Waals surface area contributed by atoms with Crippen LogP contribution in [0.2, 0.25) is 0 Å². The smallest absolute Gasteiger partial charge is 0.0750 e. The van der Waals surface area contributed by atoms with Gasteiger partial charge < -0.3 is 14.7 Å². The standard InChI is InChI=1S/C12H18N2O2/c1-14(8-11-3-2-6-16-11)12-7-13-5-4-10(12)9-15/h4-5,7,11,15H,2-3,6,8-9H2,1H3. The molecular formula is C12H18N2O2. The summed E-state index contributed by atoms with van der Waals surface area (Å²) in [6, 6.07) is 1.85. The minimum absolute atomic E-state index is 0.0493. The zero-order chi connectivity index (χ0) is 11.4. The molecule has 0 aliphatic carbocycles. The van der Waals surface area contributed by atoms with Crippen LogP contribution in [0.1, 0.15) is 18.4 Å². The molecule has 1 saturated heterocycles. The summed E-state index contributed by atoms with van der Waals surface area (Å²) in [7, 11) is 2.01. The Bertz CT molecular complexity index is 338. The third-order valence-electron chi connectivity index (χ3n) is 2.97. The monoisotopic (exact) mass is 222 g/mol. The molecule has 0 radical (unpaired) electrons. The first-order chi connectivity index (χ1) is 7.81. The quantitative estimate of drug-likeness (QED) is 0.831. The molecule has 88 valence electrons. The summed E-state index contributed by atoms with van der Waals surface area (Å²) in [5.41, 5.74) is 1.90. The summed E-state index contributed by atoms with van der Waals surface area (Å²) in [6.45, 7) is 1.78. The van der Waals surface area contributed by atoms with Gasteiger partial charge >= 0.3 is 0 Å². The van der Waals surface area contributed by atoms with Gasteiger partial charge in [0.05, 0.1) is 24.6 Å². The van der Waals surface area contributed by atoms with Crippen LogP contribution in [-0.4, -0.2) is 36.4 Å². The number of ether oxygens (including phenoxy) is 1. The first-order valence-electron chi connectivity index (χ1n) is 5.67. The van der Waals surface area contributed by atoms with Gasteiger partial charge in [-0.1, -0.05) is 0 Å². The Balaban J connectivity index is 2.04. The molecule has 0 bridgehead atoms. The number of anilines is 1.